The number of anilines is 4. The summed E-state index contributed by atoms with van der Waals surface area (Å²) in [5, 5.41) is 10.2. The third kappa shape index (κ3) is 4.65. The van der Waals surface area contributed by atoms with Gasteiger partial charge in [0, 0.05) is 66.6 Å². The van der Waals surface area contributed by atoms with Crippen LogP contribution in [0.4, 0.5) is 23.0 Å². The summed E-state index contributed by atoms with van der Waals surface area (Å²) in [5.74, 6) is 2.03. The van der Waals surface area contributed by atoms with Crippen molar-refractivity contribution in [3.05, 3.63) is 67.0 Å². The number of nitrogens with one attached hydrogen (secondary N) is 3. The van der Waals surface area contributed by atoms with E-state index in [-0.39, 0.29) is 0 Å². The van der Waals surface area contributed by atoms with Crippen LogP contribution in [0.15, 0.2) is 67.0 Å². The number of piperazine rings is 1. The Hall–Kier alpha value is -4.48. The smallest absolute Gasteiger partial charge is 0.300 e. The van der Waals surface area contributed by atoms with E-state index in [1.54, 1.807) is 24.5 Å². The first-order valence-electron chi connectivity index (χ1n) is 11.0. The van der Waals surface area contributed by atoms with Crippen LogP contribution in [0.25, 0.3) is 22.2 Å². The summed E-state index contributed by atoms with van der Waals surface area (Å²) in [5.41, 5.74) is 4.94. The number of carbonyl (C=O) groups excluding carboxylic acids is 1. The van der Waals surface area contributed by atoms with Crippen LogP contribution in [-0.4, -0.2) is 47.0 Å². The van der Waals surface area contributed by atoms with E-state index >= 15 is 0 Å². The average molecular weight is 450 g/mol. The van der Waals surface area contributed by atoms with E-state index in [1.165, 1.54) is 5.69 Å². The molecule has 1 aliphatic rings. The van der Waals surface area contributed by atoms with Crippen molar-refractivity contribution in [1.29, 1.82) is 0 Å². The highest BCUT2D eigenvalue weighted by Crippen LogP contribution is 2.28. The van der Waals surface area contributed by atoms with Crippen molar-refractivity contribution in [2.45, 2.75) is 0 Å². The van der Waals surface area contributed by atoms with Crippen LogP contribution in [-0.2, 0) is 4.79 Å². The molecule has 8 heteroatoms. The van der Waals surface area contributed by atoms with Crippen molar-refractivity contribution in [1.82, 2.24) is 20.3 Å². The Morgan fingerprint density at radius 2 is 1.85 bits per heavy atom. The number of hydrogen-bond donors (Lipinski definition) is 3. The third-order valence-electron chi connectivity index (χ3n) is 5.64. The maximum Gasteiger partial charge on any atom is 0.300 e. The Morgan fingerprint density at radius 3 is 2.65 bits per heavy atom. The van der Waals surface area contributed by atoms with E-state index in [9.17, 15) is 4.79 Å². The van der Waals surface area contributed by atoms with Crippen molar-refractivity contribution in [2.24, 2.45) is 0 Å². The largest absolute Gasteiger partial charge is 0.369 e. The van der Waals surface area contributed by atoms with Crippen LogP contribution in [0.5, 0.6) is 0 Å². The highest BCUT2D eigenvalue weighted by molar-refractivity contribution is 6.04. The van der Waals surface area contributed by atoms with Crippen LogP contribution in [0.3, 0.4) is 0 Å². The Bertz CT molecular complexity index is 1370. The molecule has 1 amide bonds. The first kappa shape index (κ1) is 21.4. The zero-order valence-corrected chi connectivity index (χ0v) is 18.5. The minimum Gasteiger partial charge on any atom is -0.369 e. The lowest BCUT2D eigenvalue weighted by molar-refractivity contribution is -0.111. The van der Waals surface area contributed by atoms with Gasteiger partial charge in [0.2, 0.25) is 5.95 Å². The lowest BCUT2D eigenvalue weighted by Gasteiger charge is -2.29. The van der Waals surface area contributed by atoms with Gasteiger partial charge in [-0.05, 0) is 42.3 Å². The second kappa shape index (κ2) is 9.57. The van der Waals surface area contributed by atoms with Crippen LogP contribution in [0.2, 0.25) is 0 Å². The molecule has 3 heterocycles. The van der Waals surface area contributed by atoms with Crippen LogP contribution < -0.4 is 20.9 Å². The number of carbonyl (C=O) groups is 1. The van der Waals surface area contributed by atoms with E-state index in [1.807, 2.05) is 30.3 Å². The van der Waals surface area contributed by atoms with Crippen molar-refractivity contribution >= 4 is 39.8 Å². The predicted molar refractivity (Wildman–Crippen MR) is 135 cm³/mol. The summed E-state index contributed by atoms with van der Waals surface area (Å²) >= 11 is 0. The molecule has 1 aliphatic heterocycles. The lowest BCUT2D eigenvalue weighted by Crippen LogP contribution is -2.43. The number of pyridine rings is 1. The molecule has 2 aromatic carbocycles. The van der Waals surface area contributed by atoms with Gasteiger partial charge in [0.25, 0.3) is 5.91 Å². The van der Waals surface area contributed by atoms with Gasteiger partial charge in [0.05, 0.1) is 11.2 Å². The summed E-state index contributed by atoms with van der Waals surface area (Å²) in [6, 6.07) is 17.6. The van der Waals surface area contributed by atoms with Gasteiger partial charge < -0.3 is 20.9 Å². The number of amides is 1. The molecule has 1 fully saturated rings. The number of hydrogen-bond acceptors (Lipinski definition) is 7. The molecule has 0 spiro atoms. The maximum atomic E-state index is 11.6. The summed E-state index contributed by atoms with van der Waals surface area (Å²) in [4.78, 5) is 27.6. The molecule has 0 saturated carbocycles. The van der Waals surface area contributed by atoms with E-state index in [2.05, 4.69) is 48.9 Å². The van der Waals surface area contributed by atoms with Crippen LogP contribution >= 0.6 is 0 Å². The summed E-state index contributed by atoms with van der Waals surface area (Å²) in [7, 11) is 0. The van der Waals surface area contributed by atoms with Crippen molar-refractivity contribution < 1.29 is 4.79 Å². The topological polar surface area (TPSA) is 95.1 Å². The minimum absolute atomic E-state index is 0.492. The molecule has 5 rings (SSSR count). The normalized spacial score (nSPS) is 13.3. The van der Waals surface area contributed by atoms with Gasteiger partial charge in [0.15, 0.2) is 0 Å². The monoisotopic (exact) mass is 449 g/mol. The third-order valence-corrected chi connectivity index (χ3v) is 5.64. The van der Waals surface area contributed by atoms with Gasteiger partial charge in [-0.3, -0.25) is 9.78 Å². The summed E-state index contributed by atoms with van der Waals surface area (Å²) in [6.45, 7) is 4.01. The van der Waals surface area contributed by atoms with Crippen LogP contribution in [0.1, 0.15) is 0 Å². The standard InChI is InChI=1S/C26H23N7O/c1-2-24(34)30-20-10-11-28-23(16-20)22-5-3-4-18-17-29-26(32-25(18)22)31-19-6-8-21(9-7-19)33-14-12-27-13-15-33/h1,3-11,16-17,27H,12-15H2,(H,28,30,34)(H,29,31,32). The fourth-order valence-electron chi connectivity index (χ4n) is 3.95. The molecule has 3 N–H and O–H groups in total. The minimum atomic E-state index is -0.508. The predicted octanol–water partition coefficient (Wildman–Crippen LogP) is 3.42. The van der Waals surface area contributed by atoms with Gasteiger partial charge in [-0.2, -0.15) is 0 Å². The zero-order valence-electron chi connectivity index (χ0n) is 18.5. The number of benzene rings is 2. The van der Waals surface area contributed by atoms with Crippen molar-refractivity contribution in [3.8, 4) is 23.6 Å². The van der Waals surface area contributed by atoms with Gasteiger partial charge >= 0.3 is 0 Å². The number of rotatable bonds is 5. The quantitative estimate of drug-likeness (QED) is 0.402. The molecule has 8 nitrogen and oxygen atoms in total. The maximum absolute atomic E-state index is 11.6. The van der Waals surface area contributed by atoms with Gasteiger partial charge in [-0.1, -0.05) is 18.2 Å². The second-order valence-electron chi connectivity index (χ2n) is 7.87. The molecule has 0 radical (unpaired) electrons. The molecule has 2 aromatic heterocycles. The highest BCUT2D eigenvalue weighted by Gasteiger charge is 2.12. The SMILES string of the molecule is C#CC(=O)Nc1ccnc(-c2cccc3cnc(Nc4ccc(N5CCNCC5)cc4)nc23)c1. The Balaban J connectivity index is 1.41. The first-order chi connectivity index (χ1) is 16.7. The summed E-state index contributed by atoms with van der Waals surface area (Å²) in [6.07, 6.45) is 8.57. The first-order valence-corrected chi connectivity index (χ1v) is 11.0. The van der Waals surface area contributed by atoms with Gasteiger partial charge in [-0.15, -0.1) is 6.42 Å². The number of fused-ring (bicyclic) bond motifs is 1. The Labute approximate surface area is 197 Å². The van der Waals surface area contributed by atoms with Gasteiger partial charge in [0.1, 0.15) is 0 Å². The van der Waals surface area contributed by atoms with E-state index in [0.717, 1.165) is 48.3 Å². The average Bonchev–Trinajstić information content (AvgIpc) is 2.89. The molecule has 0 atom stereocenters. The number of terminal acetylenes is 1. The molecule has 0 aliphatic carbocycles. The molecular formula is C26H23N7O. The summed E-state index contributed by atoms with van der Waals surface area (Å²) < 4.78 is 0. The van der Waals surface area contributed by atoms with Crippen molar-refractivity contribution in [3.63, 3.8) is 0 Å². The lowest BCUT2D eigenvalue weighted by atomic mass is 10.1. The van der Waals surface area contributed by atoms with E-state index in [0.29, 0.717) is 17.3 Å². The van der Waals surface area contributed by atoms with E-state index in [4.69, 9.17) is 11.4 Å². The molecule has 34 heavy (non-hydrogen) atoms. The Morgan fingerprint density at radius 1 is 1.03 bits per heavy atom. The molecule has 0 bridgehead atoms. The number of aromatic nitrogens is 3. The molecule has 168 valence electrons. The van der Waals surface area contributed by atoms with Crippen molar-refractivity contribution in [2.75, 3.05) is 41.7 Å². The fourth-order valence-corrected chi connectivity index (χ4v) is 3.95. The Kier molecular flexibility index (Phi) is 6.01. The van der Waals surface area contributed by atoms with E-state index < -0.39 is 5.91 Å². The second-order valence-corrected chi connectivity index (χ2v) is 7.87. The fraction of sp³-hybridized carbons (Fsp3) is 0.154. The zero-order chi connectivity index (χ0) is 23.3. The highest BCUT2D eigenvalue weighted by atomic mass is 16.1. The molecule has 0 unspecified atom stereocenters. The molecular weight excluding hydrogens is 426 g/mol. The molecule has 4 aromatic rings. The van der Waals surface area contributed by atoms with Gasteiger partial charge in [-0.25, -0.2) is 9.97 Å². The van der Waals surface area contributed by atoms with Crippen LogP contribution in [0, 0.1) is 12.3 Å². The number of nitrogens with zero attached hydrogens (tertiary/aromatic N) is 4. The molecule has 1 saturated heterocycles. The number of para-hydroxylation sites is 1.